The summed E-state index contributed by atoms with van der Waals surface area (Å²) in [5.74, 6) is 1.68. The van der Waals surface area contributed by atoms with Gasteiger partial charge < -0.3 is 19.9 Å². The molecule has 1 N–H and O–H groups in total. The van der Waals surface area contributed by atoms with Crippen LogP contribution in [0.2, 0.25) is 0 Å². The molecular formula is C20H27N5O2. The van der Waals surface area contributed by atoms with E-state index in [0.29, 0.717) is 13.1 Å². The Hall–Kier alpha value is -2.83. The highest BCUT2D eigenvalue weighted by Gasteiger charge is 2.22. The molecule has 1 atom stereocenters. The summed E-state index contributed by atoms with van der Waals surface area (Å²) in [6.07, 6.45) is 2.52. The van der Waals surface area contributed by atoms with E-state index in [-0.39, 0.29) is 12.1 Å². The summed E-state index contributed by atoms with van der Waals surface area (Å²) in [4.78, 5) is 25.2. The molecule has 1 aliphatic rings. The maximum absolute atomic E-state index is 12.3. The van der Waals surface area contributed by atoms with Crippen LogP contribution in [0, 0.1) is 0 Å². The number of anilines is 1. The van der Waals surface area contributed by atoms with Crippen molar-refractivity contribution in [2.75, 3.05) is 38.2 Å². The lowest BCUT2D eigenvalue weighted by Gasteiger charge is -2.35. The number of benzene rings is 1. The number of carbonyl (C=O) groups excluding carboxylic acids is 1. The second kappa shape index (κ2) is 8.70. The molecule has 0 radical (unpaired) electrons. The third-order valence-corrected chi connectivity index (χ3v) is 4.89. The minimum absolute atomic E-state index is 0.0174. The number of nitrogens with one attached hydrogen (secondary N) is 1. The molecule has 0 saturated carbocycles. The van der Waals surface area contributed by atoms with Gasteiger partial charge in [-0.05, 0) is 25.5 Å². The maximum atomic E-state index is 12.3. The highest BCUT2D eigenvalue weighted by atomic mass is 16.5. The first kappa shape index (κ1) is 18.9. The van der Waals surface area contributed by atoms with Crippen molar-refractivity contribution in [2.45, 2.75) is 26.3 Å². The summed E-state index contributed by atoms with van der Waals surface area (Å²) in [6, 6.07) is 10.0. The van der Waals surface area contributed by atoms with Crippen LogP contribution in [0.25, 0.3) is 11.3 Å². The van der Waals surface area contributed by atoms with Gasteiger partial charge in [-0.3, -0.25) is 0 Å². The van der Waals surface area contributed by atoms with Crippen LogP contribution in [0.3, 0.4) is 0 Å². The van der Waals surface area contributed by atoms with Crippen molar-refractivity contribution >= 4 is 11.8 Å². The molecule has 1 aliphatic heterocycles. The van der Waals surface area contributed by atoms with Crippen LogP contribution in [0.5, 0.6) is 5.75 Å². The molecule has 27 heavy (non-hydrogen) atoms. The van der Waals surface area contributed by atoms with Crippen molar-refractivity contribution in [1.29, 1.82) is 0 Å². The Kier molecular flexibility index (Phi) is 6.11. The van der Waals surface area contributed by atoms with Gasteiger partial charge in [-0.15, -0.1) is 0 Å². The van der Waals surface area contributed by atoms with E-state index in [9.17, 15) is 4.79 Å². The topological polar surface area (TPSA) is 70.6 Å². The first-order chi connectivity index (χ1) is 13.1. The third-order valence-electron chi connectivity index (χ3n) is 4.89. The molecule has 0 spiro atoms. The molecule has 7 nitrogen and oxygen atoms in total. The number of carbonyl (C=O) groups is 1. The second-order valence-electron chi connectivity index (χ2n) is 6.73. The number of hydrogen-bond acceptors (Lipinski definition) is 5. The lowest BCUT2D eigenvalue weighted by molar-refractivity contribution is 0.190. The molecule has 1 unspecified atom stereocenters. The van der Waals surface area contributed by atoms with E-state index in [2.05, 4.69) is 27.1 Å². The minimum Gasteiger partial charge on any atom is -0.497 e. The van der Waals surface area contributed by atoms with Crippen molar-refractivity contribution in [3.63, 3.8) is 0 Å². The van der Waals surface area contributed by atoms with Gasteiger partial charge in [0.15, 0.2) is 0 Å². The fourth-order valence-corrected chi connectivity index (χ4v) is 3.00. The Labute approximate surface area is 160 Å². The molecule has 1 saturated heterocycles. The van der Waals surface area contributed by atoms with Crippen LogP contribution in [0.4, 0.5) is 10.6 Å². The number of nitrogens with zero attached hydrogens (tertiary/aromatic N) is 4. The Morgan fingerprint density at radius 3 is 2.70 bits per heavy atom. The number of rotatable bonds is 5. The Morgan fingerprint density at radius 1 is 1.22 bits per heavy atom. The number of methoxy groups -OCH3 is 1. The Balaban J connectivity index is 1.66. The van der Waals surface area contributed by atoms with Crippen LogP contribution < -0.4 is 15.0 Å². The number of hydrogen-bond donors (Lipinski definition) is 1. The zero-order valence-corrected chi connectivity index (χ0v) is 16.2. The average Bonchev–Trinajstić information content (AvgIpc) is 2.73. The van der Waals surface area contributed by atoms with E-state index in [1.54, 1.807) is 13.4 Å². The van der Waals surface area contributed by atoms with E-state index in [4.69, 9.17) is 4.74 Å². The van der Waals surface area contributed by atoms with E-state index in [1.807, 2.05) is 42.2 Å². The van der Waals surface area contributed by atoms with Crippen LogP contribution in [-0.2, 0) is 0 Å². The van der Waals surface area contributed by atoms with Gasteiger partial charge in [-0.1, -0.05) is 19.1 Å². The number of urea groups is 1. The first-order valence-corrected chi connectivity index (χ1v) is 9.37. The van der Waals surface area contributed by atoms with Gasteiger partial charge in [-0.25, -0.2) is 14.8 Å². The predicted octanol–water partition coefficient (Wildman–Crippen LogP) is 2.78. The van der Waals surface area contributed by atoms with Crippen LogP contribution in [0.15, 0.2) is 36.7 Å². The summed E-state index contributed by atoms with van der Waals surface area (Å²) in [7, 11) is 1.65. The highest BCUT2D eigenvalue weighted by molar-refractivity contribution is 5.75. The zero-order chi connectivity index (χ0) is 19.2. The molecule has 2 heterocycles. The van der Waals surface area contributed by atoms with Gasteiger partial charge in [0.05, 0.1) is 12.8 Å². The highest BCUT2D eigenvalue weighted by Crippen LogP contribution is 2.24. The molecule has 2 aromatic rings. The average molecular weight is 369 g/mol. The summed E-state index contributed by atoms with van der Waals surface area (Å²) in [5, 5.41) is 3.03. The molecular weight excluding hydrogens is 342 g/mol. The van der Waals surface area contributed by atoms with E-state index in [1.165, 1.54) is 0 Å². The quantitative estimate of drug-likeness (QED) is 0.878. The van der Waals surface area contributed by atoms with Gasteiger partial charge in [0.2, 0.25) is 0 Å². The maximum Gasteiger partial charge on any atom is 0.317 e. The molecule has 7 heteroatoms. The van der Waals surface area contributed by atoms with Crippen LogP contribution in [0.1, 0.15) is 20.3 Å². The molecule has 1 fully saturated rings. The van der Waals surface area contributed by atoms with Crippen molar-refractivity contribution in [3.8, 4) is 17.0 Å². The van der Waals surface area contributed by atoms with Crippen molar-refractivity contribution < 1.29 is 9.53 Å². The molecule has 0 bridgehead atoms. The summed E-state index contributed by atoms with van der Waals surface area (Å²) in [5.41, 5.74) is 1.85. The predicted molar refractivity (Wildman–Crippen MR) is 106 cm³/mol. The van der Waals surface area contributed by atoms with Gasteiger partial charge in [0.25, 0.3) is 0 Å². The summed E-state index contributed by atoms with van der Waals surface area (Å²) in [6.45, 7) is 6.96. The summed E-state index contributed by atoms with van der Waals surface area (Å²) < 4.78 is 5.30. The molecule has 0 aliphatic carbocycles. The zero-order valence-electron chi connectivity index (χ0n) is 16.2. The SMILES string of the molecule is CCC(C)NC(=O)N1CCN(c2cc(-c3cccc(OC)c3)ncn2)CC1. The lowest BCUT2D eigenvalue weighted by Crippen LogP contribution is -2.53. The van der Waals surface area contributed by atoms with Crippen molar-refractivity contribution in [2.24, 2.45) is 0 Å². The van der Waals surface area contributed by atoms with E-state index >= 15 is 0 Å². The number of amides is 2. The summed E-state index contributed by atoms with van der Waals surface area (Å²) >= 11 is 0. The number of ether oxygens (including phenoxy) is 1. The second-order valence-corrected chi connectivity index (χ2v) is 6.73. The van der Waals surface area contributed by atoms with E-state index < -0.39 is 0 Å². The molecule has 3 rings (SSSR count). The number of aromatic nitrogens is 2. The van der Waals surface area contributed by atoms with Crippen molar-refractivity contribution in [1.82, 2.24) is 20.2 Å². The fraction of sp³-hybridized carbons (Fsp3) is 0.450. The normalized spacial score (nSPS) is 15.4. The Bertz CT molecular complexity index is 774. The molecule has 1 aromatic heterocycles. The largest absolute Gasteiger partial charge is 0.497 e. The van der Waals surface area contributed by atoms with Crippen molar-refractivity contribution in [3.05, 3.63) is 36.7 Å². The Morgan fingerprint density at radius 2 is 2.00 bits per heavy atom. The fourth-order valence-electron chi connectivity index (χ4n) is 3.00. The smallest absolute Gasteiger partial charge is 0.317 e. The standard InChI is InChI=1S/C20H27N5O2/c1-4-15(2)23-20(26)25-10-8-24(9-11-25)19-13-18(21-14-22-19)16-6-5-7-17(12-16)27-3/h5-7,12-15H,4,8-11H2,1-3H3,(H,23,26). The minimum atomic E-state index is 0.0174. The molecule has 144 valence electrons. The van der Waals surface area contributed by atoms with Crippen LogP contribution in [-0.4, -0.2) is 60.2 Å². The first-order valence-electron chi connectivity index (χ1n) is 9.37. The third kappa shape index (κ3) is 4.67. The van der Waals surface area contributed by atoms with E-state index in [0.717, 1.165) is 42.3 Å². The lowest BCUT2D eigenvalue weighted by atomic mass is 10.1. The monoisotopic (exact) mass is 369 g/mol. The molecule has 2 amide bonds. The van der Waals surface area contributed by atoms with Crippen LogP contribution >= 0.6 is 0 Å². The van der Waals surface area contributed by atoms with Gasteiger partial charge in [-0.2, -0.15) is 0 Å². The number of piperazine rings is 1. The van der Waals surface area contributed by atoms with Gasteiger partial charge >= 0.3 is 6.03 Å². The molecule has 1 aromatic carbocycles. The van der Waals surface area contributed by atoms with Gasteiger partial charge in [0, 0.05) is 43.9 Å². The van der Waals surface area contributed by atoms with Gasteiger partial charge in [0.1, 0.15) is 17.9 Å².